The first-order chi connectivity index (χ1) is 12.6. The minimum Gasteiger partial charge on any atom is -0.385 e. The molecule has 1 aliphatic heterocycles. The fourth-order valence-corrected chi connectivity index (χ4v) is 4.06. The van der Waals surface area contributed by atoms with Crippen LogP contribution in [0.4, 0.5) is 0 Å². The van der Waals surface area contributed by atoms with Crippen molar-refractivity contribution < 1.29 is 9.53 Å². The maximum absolute atomic E-state index is 12.0. The van der Waals surface area contributed by atoms with E-state index in [-0.39, 0.29) is 0 Å². The number of hydrogen-bond acceptors (Lipinski definition) is 3. The van der Waals surface area contributed by atoms with Gasteiger partial charge in [0, 0.05) is 52.4 Å². The van der Waals surface area contributed by atoms with Gasteiger partial charge in [-0.3, -0.25) is 9.79 Å². The Morgan fingerprint density at radius 3 is 2.65 bits per heavy atom. The van der Waals surface area contributed by atoms with Crippen LogP contribution in [0.5, 0.6) is 0 Å². The molecule has 0 radical (unpaired) electrons. The number of hydrogen-bond donors (Lipinski definition) is 2. The van der Waals surface area contributed by atoms with E-state index in [1.54, 1.807) is 7.11 Å². The van der Waals surface area contributed by atoms with Crippen LogP contribution in [-0.2, 0) is 9.53 Å². The van der Waals surface area contributed by atoms with Crippen molar-refractivity contribution in [2.24, 2.45) is 10.4 Å². The molecule has 0 spiro atoms. The number of aliphatic imine (C=N–C) groups is 1. The van der Waals surface area contributed by atoms with Gasteiger partial charge in [-0.25, -0.2) is 0 Å². The summed E-state index contributed by atoms with van der Waals surface area (Å²) in [6.45, 7) is 8.59. The van der Waals surface area contributed by atoms with Gasteiger partial charge in [-0.15, -0.1) is 0 Å². The number of nitrogens with zero attached hydrogens (tertiary/aromatic N) is 2. The summed E-state index contributed by atoms with van der Waals surface area (Å²) in [4.78, 5) is 18.9. The Labute approximate surface area is 159 Å². The minimum absolute atomic E-state index is 0.322. The van der Waals surface area contributed by atoms with E-state index in [0.29, 0.717) is 17.4 Å². The average molecular weight is 367 g/mol. The summed E-state index contributed by atoms with van der Waals surface area (Å²) in [6.07, 6.45) is 8.64. The Balaban J connectivity index is 1.81. The Bertz CT molecular complexity index is 463. The number of methoxy groups -OCH3 is 1. The molecule has 0 aromatic carbocycles. The van der Waals surface area contributed by atoms with E-state index in [2.05, 4.69) is 29.4 Å². The number of carbonyl (C=O) groups excluding carboxylic acids is 1. The number of guanidine groups is 1. The van der Waals surface area contributed by atoms with E-state index < -0.39 is 0 Å². The predicted octanol–water partition coefficient (Wildman–Crippen LogP) is 2.54. The molecule has 1 amide bonds. The SMILES string of the molecule is CCNC(=NCC1(CCOC)CCC1)NCCC(CC)N1CCCC1=O. The highest BCUT2D eigenvalue weighted by Crippen LogP contribution is 2.44. The molecule has 2 aliphatic rings. The second kappa shape index (κ2) is 10.8. The molecule has 0 aromatic heterocycles. The average Bonchev–Trinajstić information content (AvgIpc) is 3.03. The van der Waals surface area contributed by atoms with Crippen molar-refractivity contribution in [3.63, 3.8) is 0 Å². The van der Waals surface area contributed by atoms with Gasteiger partial charge in [-0.05, 0) is 50.9 Å². The summed E-state index contributed by atoms with van der Waals surface area (Å²) in [5.74, 6) is 1.22. The van der Waals surface area contributed by atoms with Crippen LogP contribution in [0.25, 0.3) is 0 Å². The summed E-state index contributed by atoms with van der Waals surface area (Å²) in [7, 11) is 1.77. The molecular weight excluding hydrogens is 328 g/mol. The lowest BCUT2D eigenvalue weighted by atomic mass is 9.67. The first-order valence-electron chi connectivity index (χ1n) is 10.4. The molecule has 1 unspecified atom stereocenters. The normalized spacial score (nSPS) is 20.8. The molecule has 1 atom stereocenters. The molecular formula is C20H38N4O2. The third-order valence-corrected chi connectivity index (χ3v) is 5.96. The molecule has 26 heavy (non-hydrogen) atoms. The third kappa shape index (κ3) is 5.86. The second-order valence-corrected chi connectivity index (χ2v) is 7.76. The molecule has 1 saturated heterocycles. The van der Waals surface area contributed by atoms with Crippen LogP contribution in [0.15, 0.2) is 4.99 Å². The number of carbonyl (C=O) groups is 1. The van der Waals surface area contributed by atoms with Crippen LogP contribution >= 0.6 is 0 Å². The molecule has 1 heterocycles. The first-order valence-corrected chi connectivity index (χ1v) is 10.4. The molecule has 1 saturated carbocycles. The molecule has 6 heteroatoms. The van der Waals surface area contributed by atoms with Crippen molar-refractivity contribution in [1.29, 1.82) is 0 Å². The van der Waals surface area contributed by atoms with Gasteiger partial charge >= 0.3 is 0 Å². The summed E-state index contributed by atoms with van der Waals surface area (Å²) >= 11 is 0. The number of amides is 1. The maximum Gasteiger partial charge on any atom is 0.222 e. The van der Waals surface area contributed by atoms with Crippen molar-refractivity contribution in [2.75, 3.05) is 39.9 Å². The molecule has 2 fully saturated rings. The maximum atomic E-state index is 12.0. The van der Waals surface area contributed by atoms with E-state index in [4.69, 9.17) is 9.73 Å². The second-order valence-electron chi connectivity index (χ2n) is 7.76. The smallest absolute Gasteiger partial charge is 0.222 e. The zero-order valence-corrected chi connectivity index (χ0v) is 17.0. The molecule has 0 bridgehead atoms. The van der Waals surface area contributed by atoms with Gasteiger partial charge in [0.25, 0.3) is 0 Å². The lowest BCUT2D eigenvalue weighted by molar-refractivity contribution is -0.129. The highest BCUT2D eigenvalue weighted by molar-refractivity contribution is 5.80. The summed E-state index contributed by atoms with van der Waals surface area (Å²) in [5, 5.41) is 6.83. The zero-order valence-electron chi connectivity index (χ0n) is 17.0. The van der Waals surface area contributed by atoms with Crippen LogP contribution in [0.3, 0.4) is 0 Å². The quantitative estimate of drug-likeness (QED) is 0.436. The van der Waals surface area contributed by atoms with Gasteiger partial charge in [0.1, 0.15) is 0 Å². The van der Waals surface area contributed by atoms with Gasteiger partial charge in [-0.1, -0.05) is 13.3 Å². The monoisotopic (exact) mass is 366 g/mol. The molecule has 1 aliphatic carbocycles. The van der Waals surface area contributed by atoms with E-state index in [9.17, 15) is 4.79 Å². The van der Waals surface area contributed by atoms with Gasteiger partial charge < -0.3 is 20.3 Å². The standard InChI is InChI=1S/C20H38N4O2/c1-4-17(24-14-6-8-18(24)25)9-13-22-19(21-5-2)23-16-20(10-7-11-20)12-15-26-3/h17H,4-16H2,1-3H3,(H2,21,22,23). The third-order valence-electron chi connectivity index (χ3n) is 5.96. The molecule has 2 N–H and O–H groups in total. The van der Waals surface area contributed by atoms with E-state index in [0.717, 1.165) is 70.8 Å². The van der Waals surface area contributed by atoms with E-state index in [1.807, 2.05) is 0 Å². The number of rotatable bonds is 11. The van der Waals surface area contributed by atoms with Crippen LogP contribution < -0.4 is 10.6 Å². The Kier molecular flexibility index (Phi) is 8.69. The van der Waals surface area contributed by atoms with Gasteiger partial charge in [0.05, 0.1) is 0 Å². The Morgan fingerprint density at radius 2 is 2.12 bits per heavy atom. The highest BCUT2D eigenvalue weighted by atomic mass is 16.5. The number of likely N-dealkylation sites (tertiary alicyclic amines) is 1. The number of nitrogens with one attached hydrogen (secondary N) is 2. The molecule has 0 aromatic rings. The fraction of sp³-hybridized carbons (Fsp3) is 0.900. The van der Waals surface area contributed by atoms with Crippen molar-refractivity contribution in [3.05, 3.63) is 0 Å². The Hall–Kier alpha value is -1.30. The van der Waals surface area contributed by atoms with Crippen molar-refractivity contribution in [2.45, 2.75) is 71.3 Å². The largest absolute Gasteiger partial charge is 0.385 e. The lowest BCUT2D eigenvalue weighted by Gasteiger charge is -2.40. The summed E-state index contributed by atoms with van der Waals surface area (Å²) < 4.78 is 5.28. The summed E-state index contributed by atoms with van der Waals surface area (Å²) in [5.41, 5.74) is 0.340. The minimum atomic E-state index is 0.322. The lowest BCUT2D eigenvalue weighted by Crippen LogP contribution is -2.43. The van der Waals surface area contributed by atoms with E-state index in [1.165, 1.54) is 19.3 Å². The molecule has 150 valence electrons. The molecule has 2 rings (SSSR count). The van der Waals surface area contributed by atoms with Crippen molar-refractivity contribution in [3.8, 4) is 0 Å². The van der Waals surface area contributed by atoms with Gasteiger partial charge in [0.15, 0.2) is 5.96 Å². The van der Waals surface area contributed by atoms with Crippen LogP contribution in [0.1, 0.15) is 65.2 Å². The topological polar surface area (TPSA) is 66.0 Å². The van der Waals surface area contributed by atoms with E-state index >= 15 is 0 Å². The summed E-state index contributed by atoms with van der Waals surface area (Å²) in [6, 6.07) is 0.347. The zero-order chi connectivity index (χ0) is 18.8. The van der Waals surface area contributed by atoms with Crippen LogP contribution in [-0.4, -0.2) is 62.7 Å². The van der Waals surface area contributed by atoms with Crippen LogP contribution in [0, 0.1) is 5.41 Å². The molecule has 6 nitrogen and oxygen atoms in total. The van der Waals surface area contributed by atoms with Crippen molar-refractivity contribution in [1.82, 2.24) is 15.5 Å². The highest BCUT2D eigenvalue weighted by Gasteiger charge is 2.36. The number of ether oxygens (including phenoxy) is 1. The first kappa shape index (κ1) is 21.0. The van der Waals surface area contributed by atoms with Gasteiger partial charge in [-0.2, -0.15) is 0 Å². The predicted molar refractivity (Wildman–Crippen MR) is 106 cm³/mol. The fourth-order valence-electron chi connectivity index (χ4n) is 4.06. The van der Waals surface area contributed by atoms with Crippen LogP contribution in [0.2, 0.25) is 0 Å². The van der Waals surface area contributed by atoms with Gasteiger partial charge in [0.2, 0.25) is 5.91 Å². The van der Waals surface area contributed by atoms with Crippen molar-refractivity contribution >= 4 is 11.9 Å². The Morgan fingerprint density at radius 1 is 1.31 bits per heavy atom.